The number of carbonyl (C=O) groups excluding carboxylic acids is 1. The number of amides is 1. The van der Waals surface area contributed by atoms with Crippen molar-refractivity contribution < 1.29 is 22.7 Å². The van der Waals surface area contributed by atoms with Gasteiger partial charge in [0, 0.05) is 25.1 Å². The second kappa shape index (κ2) is 8.28. The number of nitrogens with zero attached hydrogens (tertiary/aromatic N) is 1. The van der Waals surface area contributed by atoms with Crippen molar-refractivity contribution in [1.29, 1.82) is 0 Å². The van der Waals surface area contributed by atoms with Crippen LogP contribution in [0.15, 0.2) is 48.5 Å². The molecule has 7 nitrogen and oxygen atoms in total. The van der Waals surface area contributed by atoms with E-state index in [2.05, 4.69) is 5.32 Å². The van der Waals surface area contributed by atoms with Crippen molar-refractivity contribution in [3.63, 3.8) is 0 Å². The molecule has 0 bridgehead atoms. The molecule has 0 aliphatic carbocycles. The first-order chi connectivity index (χ1) is 14.0. The highest BCUT2D eigenvalue weighted by Gasteiger charge is 2.38. The van der Waals surface area contributed by atoms with Gasteiger partial charge in [-0.1, -0.05) is 30.3 Å². The molecule has 0 fully saturated rings. The lowest BCUT2D eigenvalue weighted by atomic mass is 9.89. The van der Waals surface area contributed by atoms with Crippen molar-refractivity contribution in [3.8, 4) is 11.5 Å². The van der Waals surface area contributed by atoms with Crippen molar-refractivity contribution in [3.05, 3.63) is 59.7 Å². The number of fused-ring (bicyclic) bond motifs is 1. The summed E-state index contributed by atoms with van der Waals surface area (Å²) in [5, 5.41) is 3.05. The summed E-state index contributed by atoms with van der Waals surface area (Å²) in [6.07, 6.45) is 1.64. The minimum atomic E-state index is -3.60. The van der Waals surface area contributed by atoms with Gasteiger partial charge in [-0.25, -0.2) is 8.42 Å². The predicted octanol–water partition coefficient (Wildman–Crippen LogP) is 3.05. The molecular weight excluding hydrogens is 404 g/mol. The molecule has 0 saturated heterocycles. The number of likely N-dealkylation sites (N-methyl/N-ethyl adjacent to an activating group) is 1. The Bertz CT molecular complexity index is 1020. The van der Waals surface area contributed by atoms with Crippen molar-refractivity contribution in [1.82, 2.24) is 9.62 Å². The van der Waals surface area contributed by atoms with Crippen LogP contribution in [-0.4, -0.2) is 44.6 Å². The highest BCUT2D eigenvalue weighted by molar-refractivity contribution is 7.88. The first-order valence-corrected chi connectivity index (χ1v) is 11.5. The maximum absolute atomic E-state index is 13.4. The smallest absolute Gasteiger partial charge is 0.243 e. The summed E-state index contributed by atoms with van der Waals surface area (Å²) in [5.74, 6) is 0.915. The average molecular weight is 433 g/mol. The van der Waals surface area contributed by atoms with Crippen LogP contribution >= 0.6 is 0 Å². The van der Waals surface area contributed by atoms with Crippen LogP contribution in [0.4, 0.5) is 0 Å². The molecule has 0 spiro atoms. The minimum Gasteiger partial charge on any atom is -0.497 e. The Balaban J connectivity index is 1.96. The van der Waals surface area contributed by atoms with Crippen LogP contribution in [0.1, 0.15) is 43.5 Å². The normalized spacial score (nSPS) is 18.8. The number of methoxy groups -OCH3 is 1. The lowest BCUT2D eigenvalue weighted by Crippen LogP contribution is -2.46. The first kappa shape index (κ1) is 22.1. The molecule has 1 aliphatic rings. The van der Waals surface area contributed by atoms with Crippen LogP contribution in [0.2, 0.25) is 0 Å². The van der Waals surface area contributed by atoms with Gasteiger partial charge in [-0.3, -0.25) is 4.79 Å². The van der Waals surface area contributed by atoms with E-state index in [1.807, 2.05) is 32.0 Å². The van der Waals surface area contributed by atoms with E-state index in [4.69, 9.17) is 9.47 Å². The first-order valence-electron chi connectivity index (χ1n) is 9.67. The number of ether oxygens (including phenoxy) is 2. The molecule has 30 heavy (non-hydrogen) atoms. The second-order valence-corrected chi connectivity index (χ2v) is 10.2. The molecule has 1 N–H and O–H groups in total. The topological polar surface area (TPSA) is 84.9 Å². The monoisotopic (exact) mass is 432 g/mol. The minimum absolute atomic E-state index is 0.332. The molecule has 0 unspecified atom stereocenters. The largest absolute Gasteiger partial charge is 0.497 e. The Morgan fingerprint density at radius 2 is 1.90 bits per heavy atom. The molecule has 8 heteroatoms. The Morgan fingerprint density at radius 3 is 2.50 bits per heavy atom. The second-order valence-electron chi connectivity index (χ2n) is 8.12. The summed E-state index contributed by atoms with van der Waals surface area (Å²) in [7, 11) is -0.597. The maximum Gasteiger partial charge on any atom is 0.243 e. The van der Waals surface area contributed by atoms with Gasteiger partial charge in [-0.05, 0) is 31.5 Å². The SMILES string of the molecule is COc1ccc2c(c1)OC(C)(C)C[C@@H]2NC(=O)[C@H](c1ccccc1)N(C)S(C)(=O)=O. The van der Waals surface area contributed by atoms with Crippen molar-refractivity contribution in [2.75, 3.05) is 20.4 Å². The number of rotatable bonds is 6. The molecule has 1 amide bonds. The highest BCUT2D eigenvalue weighted by Crippen LogP contribution is 2.41. The van der Waals surface area contributed by atoms with Crippen molar-refractivity contribution in [2.45, 2.75) is 38.0 Å². The highest BCUT2D eigenvalue weighted by atomic mass is 32.2. The lowest BCUT2D eigenvalue weighted by Gasteiger charge is -2.39. The molecule has 162 valence electrons. The molecule has 2 aromatic carbocycles. The number of hydrogen-bond donors (Lipinski definition) is 1. The fourth-order valence-electron chi connectivity index (χ4n) is 3.69. The van der Waals surface area contributed by atoms with Crippen LogP contribution < -0.4 is 14.8 Å². The fourth-order valence-corrected chi connectivity index (χ4v) is 4.29. The van der Waals surface area contributed by atoms with Crippen LogP contribution in [-0.2, 0) is 14.8 Å². The van der Waals surface area contributed by atoms with Gasteiger partial charge in [0.05, 0.1) is 19.4 Å². The van der Waals surface area contributed by atoms with Gasteiger partial charge in [-0.15, -0.1) is 0 Å². The number of sulfonamides is 1. The Hall–Kier alpha value is -2.58. The number of nitrogens with one attached hydrogen (secondary N) is 1. The maximum atomic E-state index is 13.4. The molecule has 0 aromatic heterocycles. The van der Waals surface area contributed by atoms with Crippen LogP contribution in [0.3, 0.4) is 0 Å². The number of hydrogen-bond acceptors (Lipinski definition) is 5. The predicted molar refractivity (Wildman–Crippen MR) is 115 cm³/mol. The summed E-state index contributed by atoms with van der Waals surface area (Å²) in [4.78, 5) is 13.4. The van der Waals surface area contributed by atoms with Crippen LogP contribution in [0, 0.1) is 0 Å². The van der Waals surface area contributed by atoms with Gasteiger partial charge in [0.15, 0.2) is 0 Å². The zero-order valence-electron chi connectivity index (χ0n) is 17.9. The van der Waals surface area contributed by atoms with E-state index in [-0.39, 0.29) is 6.04 Å². The molecule has 0 saturated carbocycles. The van der Waals surface area contributed by atoms with E-state index in [9.17, 15) is 13.2 Å². The average Bonchev–Trinajstić information content (AvgIpc) is 2.66. The summed E-state index contributed by atoms with van der Waals surface area (Å²) in [5.41, 5.74) is 0.920. The lowest BCUT2D eigenvalue weighted by molar-refractivity contribution is -0.126. The van der Waals surface area contributed by atoms with Crippen molar-refractivity contribution in [2.24, 2.45) is 0 Å². The molecule has 3 rings (SSSR count). The zero-order valence-corrected chi connectivity index (χ0v) is 18.7. The summed E-state index contributed by atoms with van der Waals surface area (Å²) < 4.78 is 36.9. The fraction of sp³-hybridized carbons (Fsp3) is 0.409. The van der Waals surface area contributed by atoms with E-state index in [0.717, 1.165) is 16.1 Å². The van der Waals surface area contributed by atoms with E-state index >= 15 is 0 Å². The van der Waals surface area contributed by atoms with E-state index in [1.165, 1.54) is 7.05 Å². The van der Waals surface area contributed by atoms with Gasteiger partial charge < -0.3 is 14.8 Å². The van der Waals surface area contributed by atoms with Crippen molar-refractivity contribution >= 4 is 15.9 Å². The van der Waals surface area contributed by atoms with Crippen LogP contribution in [0.25, 0.3) is 0 Å². The Kier molecular flexibility index (Phi) is 6.10. The van der Waals surface area contributed by atoms with E-state index < -0.39 is 27.6 Å². The summed E-state index contributed by atoms with van der Waals surface area (Å²) in [6, 6.07) is 13.1. The third-order valence-electron chi connectivity index (χ3n) is 5.24. The molecular formula is C22H28N2O5S. The number of benzene rings is 2. The van der Waals surface area contributed by atoms with E-state index in [1.54, 1.807) is 37.4 Å². The third-order valence-corrected chi connectivity index (χ3v) is 6.50. The van der Waals surface area contributed by atoms with Gasteiger partial charge in [-0.2, -0.15) is 4.31 Å². The van der Waals surface area contributed by atoms with Gasteiger partial charge in [0.1, 0.15) is 23.1 Å². The Morgan fingerprint density at radius 1 is 1.23 bits per heavy atom. The molecule has 2 aromatic rings. The van der Waals surface area contributed by atoms with Gasteiger partial charge >= 0.3 is 0 Å². The van der Waals surface area contributed by atoms with Gasteiger partial charge in [0.25, 0.3) is 0 Å². The summed E-state index contributed by atoms with van der Waals surface area (Å²) in [6.45, 7) is 3.90. The number of carbonyl (C=O) groups is 1. The Labute approximate surface area is 178 Å². The van der Waals surface area contributed by atoms with E-state index in [0.29, 0.717) is 23.5 Å². The molecule has 0 radical (unpaired) electrons. The molecule has 2 atom stereocenters. The zero-order chi connectivity index (χ0) is 22.1. The molecule has 1 heterocycles. The molecule has 1 aliphatic heterocycles. The third kappa shape index (κ3) is 4.76. The quantitative estimate of drug-likeness (QED) is 0.758. The van der Waals surface area contributed by atoms with Gasteiger partial charge in [0.2, 0.25) is 15.9 Å². The van der Waals surface area contributed by atoms with Crippen LogP contribution in [0.5, 0.6) is 11.5 Å². The summed E-state index contributed by atoms with van der Waals surface area (Å²) >= 11 is 0. The standard InChI is InChI=1S/C22H28N2O5S/c1-22(2)14-18(17-12-11-16(28-4)13-19(17)29-22)23-21(25)20(24(3)30(5,26)27)15-9-7-6-8-10-15/h6-13,18,20H,14H2,1-5H3,(H,23,25)/t18-,20-/m0/s1.